The van der Waals surface area contributed by atoms with Crippen molar-refractivity contribution in [3.63, 3.8) is 0 Å². The summed E-state index contributed by atoms with van der Waals surface area (Å²) in [5.74, 6) is 0.893. The van der Waals surface area contributed by atoms with Crippen LogP contribution in [0.2, 0.25) is 0 Å². The van der Waals surface area contributed by atoms with Gasteiger partial charge in [-0.3, -0.25) is 4.79 Å². The minimum atomic E-state index is 0.646. The summed E-state index contributed by atoms with van der Waals surface area (Å²) in [4.78, 5) is 23.3. The van der Waals surface area contributed by atoms with E-state index in [1.54, 1.807) is 12.1 Å². The van der Waals surface area contributed by atoms with Crippen LogP contribution >= 0.6 is 125 Å². The number of halogens is 5. The van der Waals surface area contributed by atoms with Crippen LogP contribution in [0, 0.1) is 0 Å². The number of aldehydes is 1. The van der Waals surface area contributed by atoms with Gasteiger partial charge in [-0.05, 0) is 226 Å². The largest absolute Gasteiger partial charge is 0.397 e. The summed E-state index contributed by atoms with van der Waals surface area (Å²) in [5.41, 5.74) is 28.9. The van der Waals surface area contributed by atoms with Crippen molar-refractivity contribution in [2.45, 2.75) is 0 Å². The topological polar surface area (TPSA) is 128 Å². The molecule has 0 spiro atoms. The highest BCUT2D eigenvalue weighted by Crippen LogP contribution is 2.47. The molecule has 644 valence electrons. The Morgan fingerprint density at radius 2 is 0.597 bits per heavy atom. The van der Waals surface area contributed by atoms with Crippen LogP contribution < -0.4 is 11.5 Å². The number of hydrogen-bond donors (Lipinski definition) is 4. The Labute approximate surface area is 827 Å². The first-order valence-electron chi connectivity index (χ1n) is 43.4. The van der Waals surface area contributed by atoms with Gasteiger partial charge in [-0.1, -0.05) is 266 Å². The van der Waals surface area contributed by atoms with E-state index in [2.05, 4.69) is 401 Å². The smallest absolute Gasteiger partial charge is 0.150 e. The van der Waals surface area contributed by atoms with E-state index >= 15 is 0 Å². The number of hydrogen-bond acceptors (Lipinski definition) is 8. The zero-order valence-electron chi connectivity index (χ0n) is 71.2. The minimum Gasteiger partial charge on any atom is -0.397 e. The molecule has 28 aromatic rings. The van der Waals surface area contributed by atoms with E-state index in [4.69, 9.17) is 16.5 Å². The highest BCUT2D eigenvalue weighted by molar-refractivity contribution is 9.13. The Hall–Kier alpha value is -13.6. The molecular formula is C116H75Br5N8OS4. The van der Waals surface area contributed by atoms with Crippen molar-refractivity contribution in [1.82, 2.24) is 28.7 Å². The van der Waals surface area contributed by atoms with Crippen LogP contribution in [-0.4, -0.2) is 34.9 Å². The highest BCUT2D eigenvalue weighted by atomic mass is 79.9. The van der Waals surface area contributed by atoms with Crippen molar-refractivity contribution in [3.05, 3.63) is 440 Å². The molecule has 0 radical (unpaired) electrons. The van der Waals surface area contributed by atoms with Gasteiger partial charge < -0.3 is 35.1 Å². The molecule has 9 nitrogen and oxygen atoms in total. The second kappa shape index (κ2) is 37.1. The molecular weight excluding hydrogens is 2050 g/mol. The number of aromatic amines is 2. The van der Waals surface area contributed by atoms with E-state index < -0.39 is 0 Å². The molecule has 0 saturated carbocycles. The number of thiophene rings is 4. The van der Waals surface area contributed by atoms with Gasteiger partial charge in [-0.2, -0.15) is 0 Å². The Kier molecular flexibility index (Phi) is 23.8. The number of carbonyl (C=O) groups excluding carboxylic acids is 1. The maximum Gasteiger partial charge on any atom is 0.150 e. The van der Waals surface area contributed by atoms with Gasteiger partial charge in [-0.15, -0.1) is 45.3 Å². The molecule has 9 heterocycles. The third-order valence-electron chi connectivity index (χ3n) is 24.2. The van der Waals surface area contributed by atoms with Crippen molar-refractivity contribution in [2.75, 3.05) is 11.5 Å². The summed E-state index contributed by atoms with van der Waals surface area (Å²) >= 11 is 24.6. The van der Waals surface area contributed by atoms with E-state index in [9.17, 15) is 4.79 Å². The number of anilines is 2. The highest BCUT2D eigenvalue weighted by Gasteiger charge is 2.22. The zero-order chi connectivity index (χ0) is 90.6. The Bertz CT molecular complexity index is 9240. The number of benzene rings is 19. The number of nitrogens with zero attached hydrogens (tertiary/aromatic N) is 4. The average Bonchev–Trinajstić information content (AvgIpc) is 1.58. The molecule has 0 fully saturated rings. The number of H-pyrrole nitrogens is 2. The maximum atomic E-state index is 11.4. The van der Waals surface area contributed by atoms with E-state index in [1.165, 1.54) is 168 Å². The molecule has 0 aliphatic carbocycles. The Morgan fingerprint density at radius 1 is 0.246 bits per heavy atom. The first-order valence-corrected chi connectivity index (χ1v) is 50.6. The first kappa shape index (κ1) is 85.8. The van der Waals surface area contributed by atoms with Crippen molar-refractivity contribution in [2.24, 2.45) is 0 Å². The number of fused-ring (bicyclic) bond motifs is 25. The minimum absolute atomic E-state index is 0.646. The average molecular weight is 2120 g/mol. The molecule has 9 aromatic heterocycles. The predicted molar refractivity (Wildman–Crippen MR) is 597 cm³/mol. The summed E-state index contributed by atoms with van der Waals surface area (Å²) in [5, 5.41) is 20.7. The third-order valence-corrected chi connectivity index (χ3v) is 32.2. The standard InChI is InChI=1S/C31H19N3S.C25H15NOS.C24H14BrNS.C18H10BrNS.C6H4Br2.C6H5Br.C6H8N2/c1-2-8-20(9-3-1)34-27-16-19(31-32-25-11-5-6-12-26(25)33-31)14-15-21(27)23-17-24-22-10-4-7-13-29(22)35-30(24)18-28(23)34;27-15-16-10-11-18-20-13-21-19-8-4-5-9-24(19)28-25(21)14-23(20)26(22(18)12-16)17-6-2-1-3-7-17;25-15-10-11-17-19-13-20-18-8-4-5-9-23(18)27-24(20)14-22(19)26(21(17)12-15)16-6-2-1-3-7-16;19-10-5-6-11-13-8-14-12-3-1-2-4-17(12)21-18(14)9-16(13)20-15(11)7-10;7-5-3-1-2-4-6(5)8;7-6-4-2-1-3-5-6;7-5-3-1-2-4-6(5)8/h1-18H,(H,32,33);1-15H;1-14H;1-9,20H;1-4H;1-5H;1-4H,7-8H2. The Morgan fingerprint density at radius 3 is 1.03 bits per heavy atom. The van der Waals surface area contributed by atoms with E-state index in [0.29, 0.717) is 16.9 Å². The lowest BCUT2D eigenvalue weighted by molar-refractivity contribution is 0.112. The first-order chi connectivity index (χ1) is 65.8. The molecule has 0 atom stereocenters. The summed E-state index contributed by atoms with van der Waals surface area (Å²) < 4.78 is 23.2. The van der Waals surface area contributed by atoms with Crippen LogP contribution in [0.15, 0.2) is 435 Å². The summed E-state index contributed by atoms with van der Waals surface area (Å²) in [7, 11) is 0. The number of rotatable bonds is 5. The van der Waals surface area contributed by atoms with Gasteiger partial charge in [0.1, 0.15) is 12.1 Å². The molecule has 0 amide bonds. The van der Waals surface area contributed by atoms with Gasteiger partial charge in [-0.25, -0.2) is 4.98 Å². The monoisotopic (exact) mass is 2120 g/mol. The summed E-state index contributed by atoms with van der Waals surface area (Å²) in [6.45, 7) is 0. The molecule has 134 heavy (non-hydrogen) atoms. The molecule has 0 saturated heterocycles. The second-order valence-electron chi connectivity index (χ2n) is 32.4. The van der Waals surface area contributed by atoms with Crippen molar-refractivity contribution in [3.8, 4) is 28.5 Å². The van der Waals surface area contributed by atoms with Gasteiger partial charge in [0.2, 0.25) is 0 Å². The number of nitrogens with two attached hydrogens (primary N) is 2. The van der Waals surface area contributed by atoms with E-state index in [1.807, 2.05) is 148 Å². The molecule has 6 N–H and O–H groups in total. The summed E-state index contributed by atoms with van der Waals surface area (Å²) in [6, 6.07) is 144. The van der Waals surface area contributed by atoms with Crippen LogP contribution in [0.3, 0.4) is 0 Å². The fraction of sp³-hybridized carbons (Fsp3) is 0. The van der Waals surface area contributed by atoms with E-state index in [0.717, 1.165) is 68.0 Å². The fourth-order valence-corrected chi connectivity index (χ4v) is 24.1. The van der Waals surface area contributed by atoms with Crippen LogP contribution in [-0.2, 0) is 0 Å². The number of nitrogens with one attached hydrogen (secondary N) is 2. The number of imidazole rings is 1. The second-order valence-corrected chi connectivity index (χ2v) is 41.2. The molecule has 0 unspecified atom stereocenters. The fourth-order valence-electron chi connectivity index (χ4n) is 18.0. The Balaban J connectivity index is 0.0000000969. The van der Waals surface area contributed by atoms with Gasteiger partial charge in [0.05, 0.1) is 55.5 Å². The van der Waals surface area contributed by atoms with E-state index in [-0.39, 0.29) is 0 Å². The van der Waals surface area contributed by atoms with Crippen LogP contribution in [0.25, 0.3) is 207 Å². The molecule has 0 aliphatic rings. The molecule has 0 bridgehead atoms. The third kappa shape index (κ3) is 16.6. The number of aromatic nitrogens is 6. The molecule has 0 aliphatic heterocycles. The van der Waals surface area contributed by atoms with Crippen molar-refractivity contribution < 1.29 is 4.79 Å². The SMILES string of the molecule is Brc1ccc2c(c1)[nH]c1cc3sc4ccccc4c3cc12.Brc1ccc2c3cc4c(cc3n(-c3ccccc3)c2c1)sc1ccccc14.Brc1ccccc1.Brc1ccccc1Br.Nc1ccccc1N.O=Cc1ccc2c3cc4c(cc3n(-c3ccccc3)c2c1)sc1ccccc14.c1ccc(-n2c3cc(-c4nc5ccccc5[nH]4)ccc3c3cc4c(cc32)sc2ccccc24)cc1. The normalized spacial score (nSPS) is 11.4. The maximum absolute atomic E-state index is 11.4. The number of para-hydroxylation sites is 7. The lowest BCUT2D eigenvalue weighted by atomic mass is 10.1. The van der Waals surface area contributed by atoms with Gasteiger partial charge >= 0.3 is 0 Å². The van der Waals surface area contributed by atoms with Crippen LogP contribution in [0.4, 0.5) is 11.4 Å². The predicted octanol–water partition coefficient (Wildman–Crippen LogP) is 36.5. The molecule has 18 heteroatoms. The van der Waals surface area contributed by atoms with Crippen molar-refractivity contribution >= 4 is 322 Å². The molecule has 28 rings (SSSR count). The zero-order valence-corrected chi connectivity index (χ0v) is 82.4. The number of nitrogen functional groups attached to an aromatic ring is 2. The van der Waals surface area contributed by atoms with Crippen molar-refractivity contribution in [1.29, 1.82) is 0 Å². The van der Waals surface area contributed by atoms with Crippen LogP contribution in [0.5, 0.6) is 0 Å². The van der Waals surface area contributed by atoms with Gasteiger partial charge in [0, 0.05) is 185 Å². The quantitative estimate of drug-likeness (QED) is 0.101. The number of carbonyl (C=O) groups is 1. The lowest BCUT2D eigenvalue weighted by Gasteiger charge is -2.08. The molecule has 19 aromatic carbocycles. The van der Waals surface area contributed by atoms with Gasteiger partial charge in [0.15, 0.2) is 0 Å². The summed E-state index contributed by atoms with van der Waals surface area (Å²) in [6.07, 6.45) is 0.915. The van der Waals surface area contributed by atoms with Gasteiger partial charge in [0.25, 0.3) is 0 Å². The van der Waals surface area contributed by atoms with Crippen LogP contribution in [0.1, 0.15) is 10.4 Å². The lowest BCUT2D eigenvalue weighted by Crippen LogP contribution is -1.93.